The molecule has 0 unspecified atom stereocenters. The van der Waals surface area contributed by atoms with Gasteiger partial charge in [-0.2, -0.15) is 0 Å². The Labute approximate surface area is 208 Å². The van der Waals surface area contributed by atoms with Crippen molar-refractivity contribution in [1.29, 1.82) is 0 Å². The summed E-state index contributed by atoms with van der Waals surface area (Å²) in [6.07, 6.45) is 2.62. The Morgan fingerprint density at radius 1 is 1.03 bits per heavy atom. The Morgan fingerprint density at radius 3 is 2.18 bits per heavy atom. The fourth-order valence-corrected chi connectivity index (χ4v) is 4.42. The zero-order valence-corrected chi connectivity index (χ0v) is 22.0. The van der Waals surface area contributed by atoms with E-state index in [1.54, 1.807) is 43.3 Å². The molecule has 7 nitrogen and oxygen atoms in total. The van der Waals surface area contributed by atoms with E-state index in [4.69, 9.17) is 11.6 Å². The first-order valence-corrected chi connectivity index (χ1v) is 13.6. The molecule has 2 amide bonds. The molecule has 34 heavy (non-hydrogen) atoms. The molecule has 9 heteroatoms. The zero-order chi connectivity index (χ0) is 25.5. The molecule has 186 valence electrons. The van der Waals surface area contributed by atoms with Crippen molar-refractivity contribution in [3.8, 4) is 0 Å². The summed E-state index contributed by atoms with van der Waals surface area (Å²) in [6, 6.07) is 13.2. The number of hydrogen-bond acceptors (Lipinski definition) is 4. The maximum Gasteiger partial charge on any atom is 0.244 e. The van der Waals surface area contributed by atoms with E-state index in [2.05, 4.69) is 5.32 Å². The van der Waals surface area contributed by atoms with Crippen LogP contribution in [0.4, 0.5) is 5.69 Å². The highest BCUT2D eigenvalue weighted by Crippen LogP contribution is 2.22. The van der Waals surface area contributed by atoms with Gasteiger partial charge in [-0.15, -0.1) is 0 Å². The monoisotopic (exact) mass is 507 g/mol. The molecule has 0 aliphatic carbocycles. The summed E-state index contributed by atoms with van der Waals surface area (Å²) in [5, 5.41) is 3.36. The van der Waals surface area contributed by atoms with E-state index in [9.17, 15) is 18.0 Å². The second-order valence-electron chi connectivity index (χ2n) is 8.40. The predicted octanol–water partition coefficient (Wildman–Crippen LogP) is 4.00. The molecule has 0 aromatic heterocycles. The van der Waals surface area contributed by atoms with E-state index < -0.39 is 28.5 Å². The molecule has 0 radical (unpaired) electrons. The van der Waals surface area contributed by atoms with E-state index >= 15 is 0 Å². The molecule has 2 rings (SSSR count). The average Bonchev–Trinajstić information content (AvgIpc) is 2.80. The van der Waals surface area contributed by atoms with Crippen LogP contribution in [0.25, 0.3) is 0 Å². The standard InChI is InChI=1S/C25H34ClN3O4S/c1-6-18(3)27-25(31)19(4)28(16-21-10-8-9-11-23(21)26)24(30)17-29(34(5,32)33)22-14-12-20(7-2)13-15-22/h8-15,18-19H,6-7,16-17H2,1-5H3,(H,27,31)/t18-,19+/m1/s1. The van der Waals surface area contributed by atoms with Gasteiger partial charge in [0.2, 0.25) is 21.8 Å². The summed E-state index contributed by atoms with van der Waals surface area (Å²) in [6.45, 7) is 7.11. The predicted molar refractivity (Wildman–Crippen MR) is 137 cm³/mol. The first kappa shape index (κ1) is 27.7. The molecule has 0 aliphatic heterocycles. The van der Waals surface area contributed by atoms with Gasteiger partial charge >= 0.3 is 0 Å². The number of nitrogens with one attached hydrogen (secondary N) is 1. The lowest BCUT2D eigenvalue weighted by Crippen LogP contribution is -2.52. The summed E-state index contributed by atoms with van der Waals surface area (Å²) in [5.74, 6) is -0.815. The lowest BCUT2D eigenvalue weighted by molar-refractivity contribution is -0.139. The Hall–Kier alpha value is -2.58. The first-order chi connectivity index (χ1) is 16.0. The Morgan fingerprint density at radius 2 is 1.65 bits per heavy atom. The van der Waals surface area contributed by atoms with Crippen molar-refractivity contribution in [3.63, 3.8) is 0 Å². The summed E-state index contributed by atoms with van der Waals surface area (Å²) in [5.41, 5.74) is 2.11. The van der Waals surface area contributed by atoms with Gasteiger partial charge in [0.15, 0.2) is 0 Å². The molecule has 0 saturated heterocycles. The molecular weight excluding hydrogens is 474 g/mol. The van der Waals surface area contributed by atoms with E-state index in [-0.39, 0.29) is 18.5 Å². The van der Waals surface area contributed by atoms with Gasteiger partial charge in [-0.3, -0.25) is 13.9 Å². The lowest BCUT2D eigenvalue weighted by atomic mass is 10.1. The molecule has 0 spiro atoms. The van der Waals surface area contributed by atoms with Crippen LogP contribution in [0.3, 0.4) is 0 Å². The topological polar surface area (TPSA) is 86.8 Å². The van der Waals surface area contributed by atoms with Crippen molar-refractivity contribution >= 4 is 39.1 Å². The number of sulfonamides is 1. The Balaban J connectivity index is 2.39. The smallest absolute Gasteiger partial charge is 0.244 e. The number of aryl methyl sites for hydroxylation is 1. The van der Waals surface area contributed by atoms with Crippen LogP contribution in [0.15, 0.2) is 48.5 Å². The van der Waals surface area contributed by atoms with Gasteiger partial charge in [0.05, 0.1) is 11.9 Å². The largest absolute Gasteiger partial charge is 0.352 e. The van der Waals surface area contributed by atoms with Gasteiger partial charge in [-0.25, -0.2) is 8.42 Å². The highest BCUT2D eigenvalue weighted by atomic mass is 35.5. The number of anilines is 1. The molecule has 0 saturated carbocycles. The van der Waals surface area contributed by atoms with Crippen LogP contribution in [0.5, 0.6) is 0 Å². The van der Waals surface area contributed by atoms with Crippen molar-refractivity contribution in [2.45, 2.75) is 59.2 Å². The molecule has 0 bridgehead atoms. The molecule has 0 aliphatic rings. The van der Waals surface area contributed by atoms with Crippen LogP contribution in [-0.4, -0.2) is 50.0 Å². The van der Waals surface area contributed by atoms with Gasteiger partial charge in [0.25, 0.3) is 0 Å². The van der Waals surface area contributed by atoms with Gasteiger partial charge in [0, 0.05) is 17.6 Å². The minimum absolute atomic E-state index is 0.0585. The van der Waals surface area contributed by atoms with Crippen molar-refractivity contribution in [1.82, 2.24) is 10.2 Å². The summed E-state index contributed by atoms with van der Waals surface area (Å²) >= 11 is 6.32. The van der Waals surface area contributed by atoms with Crippen LogP contribution in [-0.2, 0) is 32.6 Å². The molecule has 0 heterocycles. The number of benzene rings is 2. The lowest BCUT2D eigenvalue weighted by Gasteiger charge is -2.32. The fourth-order valence-electron chi connectivity index (χ4n) is 3.37. The van der Waals surface area contributed by atoms with E-state index in [0.717, 1.165) is 29.0 Å². The summed E-state index contributed by atoms with van der Waals surface area (Å²) in [4.78, 5) is 27.8. The number of carbonyl (C=O) groups excluding carboxylic acids is 2. The maximum atomic E-state index is 13.5. The van der Waals surface area contributed by atoms with Crippen LogP contribution in [0, 0.1) is 0 Å². The third-order valence-electron chi connectivity index (χ3n) is 5.78. The second kappa shape index (κ2) is 12.2. The van der Waals surface area contributed by atoms with E-state index in [1.807, 2.05) is 32.9 Å². The van der Waals surface area contributed by atoms with Gasteiger partial charge in [-0.1, -0.05) is 55.8 Å². The zero-order valence-electron chi connectivity index (χ0n) is 20.4. The number of amides is 2. The number of halogens is 1. The fraction of sp³-hybridized carbons (Fsp3) is 0.440. The third kappa shape index (κ3) is 7.46. The van der Waals surface area contributed by atoms with Crippen molar-refractivity contribution in [3.05, 3.63) is 64.7 Å². The van der Waals surface area contributed by atoms with Gasteiger partial charge in [0.1, 0.15) is 12.6 Å². The SMILES string of the molecule is CCc1ccc(N(CC(=O)N(Cc2ccccc2Cl)[C@@H](C)C(=O)N[C@H](C)CC)S(C)(=O)=O)cc1. The summed E-state index contributed by atoms with van der Waals surface area (Å²) in [7, 11) is -3.76. The average molecular weight is 508 g/mol. The van der Waals surface area contributed by atoms with Crippen molar-refractivity contribution in [2.75, 3.05) is 17.1 Å². The number of rotatable bonds is 11. The van der Waals surface area contributed by atoms with Gasteiger partial charge in [-0.05, 0) is 56.0 Å². The normalized spacial score (nSPS) is 13.1. The molecular formula is C25H34ClN3O4S. The minimum Gasteiger partial charge on any atom is -0.352 e. The molecule has 2 aromatic rings. The maximum absolute atomic E-state index is 13.5. The van der Waals surface area contributed by atoms with Crippen LogP contribution in [0.1, 0.15) is 45.2 Å². The van der Waals surface area contributed by atoms with Crippen molar-refractivity contribution < 1.29 is 18.0 Å². The number of nitrogens with zero attached hydrogens (tertiary/aromatic N) is 2. The van der Waals surface area contributed by atoms with Crippen LogP contribution >= 0.6 is 11.6 Å². The number of hydrogen-bond donors (Lipinski definition) is 1. The first-order valence-electron chi connectivity index (χ1n) is 11.4. The third-order valence-corrected chi connectivity index (χ3v) is 7.29. The van der Waals surface area contributed by atoms with Crippen LogP contribution in [0.2, 0.25) is 5.02 Å². The molecule has 0 fully saturated rings. The Kier molecular flexibility index (Phi) is 9.94. The van der Waals surface area contributed by atoms with Crippen molar-refractivity contribution in [2.24, 2.45) is 0 Å². The van der Waals surface area contributed by atoms with Crippen LogP contribution < -0.4 is 9.62 Å². The Bertz CT molecular complexity index is 1090. The molecule has 2 aromatic carbocycles. The second-order valence-corrected chi connectivity index (χ2v) is 10.7. The van der Waals surface area contributed by atoms with Gasteiger partial charge < -0.3 is 10.2 Å². The minimum atomic E-state index is -3.76. The summed E-state index contributed by atoms with van der Waals surface area (Å²) < 4.78 is 26.3. The number of carbonyl (C=O) groups is 2. The highest BCUT2D eigenvalue weighted by Gasteiger charge is 2.30. The highest BCUT2D eigenvalue weighted by molar-refractivity contribution is 7.92. The van der Waals surface area contributed by atoms with E-state index in [1.165, 1.54) is 4.90 Å². The molecule has 1 N–H and O–H groups in total. The quantitative estimate of drug-likeness (QED) is 0.498. The molecule has 2 atom stereocenters. The van der Waals surface area contributed by atoms with E-state index in [0.29, 0.717) is 16.3 Å².